The summed E-state index contributed by atoms with van der Waals surface area (Å²) in [6.07, 6.45) is 2.67. The molecule has 0 spiro atoms. The minimum atomic E-state index is 0. The third kappa shape index (κ3) is 6.80. The molecule has 0 saturated carbocycles. The summed E-state index contributed by atoms with van der Waals surface area (Å²) in [5, 5.41) is 7.09. The van der Waals surface area contributed by atoms with Gasteiger partial charge in [0.05, 0.1) is 10.3 Å². The number of hydrogen-bond acceptors (Lipinski definition) is 3. The molecule has 8 heteroatoms. The maximum atomic E-state index is 5.76. The Hall–Kier alpha value is -0.380. The molecule has 0 amide bonds. The van der Waals surface area contributed by atoms with Gasteiger partial charge in [0.2, 0.25) is 0 Å². The Labute approximate surface area is 164 Å². The summed E-state index contributed by atoms with van der Waals surface area (Å²) in [6.45, 7) is 1.55. The summed E-state index contributed by atoms with van der Waals surface area (Å²) >= 11 is 10.9. The van der Waals surface area contributed by atoms with Crippen molar-refractivity contribution in [1.82, 2.24) is 15.6 Å². The zero-order chi connectivity index (χ0) is 15.1. The third-order valence-electron chi connectivity index (χ3n) is 2.78. The fourth-order valence-electron chi connectivity index (χ4n) is 1.72. The molecule has 0 radical (unpaired) electrons. The van der Waals surface area contributed by atoms with E-state index in [4.69, 9.17) is 11.6 Å². The van der Waals surface area contributed by atoms with E-state index in [2.05, 4.69) is 42.6 Å². The number of aromatic nitrogens is 1. The van der Waals surface area contributed by atoms with Crippen molar-refractivity contribution in [2.75, 3.05) is 13.6 Å². The van der Waals surface area contributed by atoms with E-state index in [-0.39, 0.29) is 24.0 Å². The van der Waals surface area contributed by atoms with E-state index >= 15 is 0 Å². The molecule has 4 nitrogen and oxygen atoms in total. The number of nitrogens with one attached hydrogen (secondary N) is 2. The summed E-state index contributed by atoms with van der Waals surface area (Å²) in [7, 11) is 1.77. The first-order chi connectivity index (χ1) is 10.2. The van der Waals surface area contributed by atoms with Crippen LogP contribution >= 0.6 is 62.8 Å². The molecule has 22 heavy (non-hydrogen) atoms. The molecule has 2 heterocycles. The molecule has 2 aromatic rings. The molecule has 0 aliphatic heterocycles. The lowest BCUT2D eigenvalue weighted by Gasteiger charge is -2.11. The maximum Gasteiger partial charge on any atom is 0.191 e. The minimum absolute atomic E-state index is 0. The van der Waals surface area contributed by atoms with Crippen molar-refractivity contribution in [3.63, 3.8) is 0 Å². The Balaban J connectivity index is 0.00000242. The van der Waals surface area contributed by atoms with Gasteiger partial charge in [0, 0.05) is 24.7 Å². The lowest BCUT2D eigenvalue weighted by molar-refractivity contribution is 0.797. The predicted molar refractivity (Wildman–Crippen MR) is 109 cm³/mol. The van der Waals surface area contributed by atoms with Gasteiger partial charge < -0.3 is 10.6 Å². The lowest BCUT2D eigenvalue weighted by Crippen LogP contribution is -2.37. The molecular weight excluding hydrogens is 499 g/mol. The summed E-state index contributed by atoms with van der Waals surface area (Å²) in [5.74, 6) is 0.793. The van der Waals surface area contributed by atoms with E-state index in [9.17, 15) is 0 Å². The van der Waals surface area contributed by atoms with Crippen LogP contribution in [-0.2, 0) is 13.0 Å². The number of aliphatic imine (C=N–C) groups is 1. The van der Waals surface area contributed by atoms with E-state index in [1.165, 1.54) is 4.88 Å². The van der Waals surface area contributed by atoms with E-state index in [0.717, 1.165) is 34.8 Å². The largest absolute Gasteiger partial charge is 0.356 e. The van der Waals surface area contributed by atoms with E-state index in [1.54, 1.807) is 30.6 Å². The second-order valence-electron chi connectivity index (χ2n) is 4.30. The van der Waals surface area contributed by atoms with Crippen LogP contribution < -0.4 is 10.6 Å². The number of nitrogens with zero attached hydrogens (tertiary/aromatic N) is 2. The highest BCUT2D eigenvalue weighted by Crippen LogP contribution is 2.21. The van der Waals surface area contributed by atoms with Gasteiger partial charge in [-0.3, -0.25) is 4.99 Å². The van der Waals surface area contributed by atoms with Gasteiger partial charge in [0.1, 0.15) is 5.15 Å². The van der Waals surface area contributed by atoms with Crippen molar-refractivity contribution in [3.05, 3.63) is 49.8 Å². The highest BCUT2D eigenvalue weighted by atomic mass is 127. The van der Waals surface area contributed by atoms with Crippen LogP contribution in [0.5, 0.6) is 0 Å². The maximum absolute atomic E-state index is 5.76. The smallest absolute Gasteiger partial charge is 0.191 e. The van der Waals surface area contributed by atoms with Crippen LogP contribution in [0.25, 0.3) is 0 Å². The summed E-state index contributed by atoms with van der Waals surface area (Å²) in [5.41, 5.74) is 1.14. The van der Waals surface area contributed by atoms with Gasteiger partial charge in [-0.15, -0.1) is 35.3 Å². The first-order valence-corrected chi connectivity index (χ1v) is 8.45. The topological polar surface area (TPSA) is 49.3 Å². The van der Waals surface area contributed by atoms with Crippen LogP contribution in [0.3, 0.4) is 0 Å². The van der Waals surface area contributed by atoms with Crippen LogP contribution in [0.15, 0.2) is 39.2 Å². The molecule has 0 unspecified atom stereocenters. The Morgan fingerprint density at radius 3 is 2.73 bits per heavy atom. The van der Waals surface area contributed by atoms with Crippen LogP contribution in [0.2, 0.25) is 5.15 Å². The van der Waals surface area contributed by atoms with Crippen LogP contribution in [0, 0.1) is 0 Å². The third-order valence-corrected chi connectivity index (χ3v) is 4.62. The monoisotopic (exact) mass is 514 g/mol. The standard InChI is InChI=1S/C14H16BrClN4S.HI/c1-17-14(20-9-11-3-4-12(15)21-11)18-7-6-10-2-5-13(16)19-8-10;/h2-5,8H,6-7,9H2,1H3,(H2,17,18,20);1H. The van der Waals surface area contributed by atoms with Gasteiger partial charge in [-0.25, -0.2) is 4.98 Å². The normalized spacial score (nSPS) is 11.0. The summed E-state index contributed by atoms with van der Waals surface area (Å²) in [4.78, 5) is 9.53. The van der Waals surface area contributed by atoms with Crippen LogP contribution in [-0.4, -0.2) is 24.5 Å². The van der Waals surface area contributed by atoms with Crippen molar-refractivity contribution in [2.45, 2.75) is 13.0 Å². The number of guanidine groups is 1. The molecule has 0 saturated heterocycles. The Morgan fingerprint density at radius 2 is 2.14 bits per heavy atom. The van der Waals surface area contributed by atoms with Crippen molar-refractivity contribution >= 4 is 68.8 Å². The number of pyridine rings is 1. The van der Waals surface area contributed by atoms with Crippen LogP contribution in [0.4, 0.5) is 0 Å². The first-order valence-electron chi connectivity index (χ1n) is 6.46. The molecule has 0 aliphatic rings. The average molecular weight is 516 g/mol. The average Bonchev–Trinajstić information content (AvgIpc) is 2.90. The molecule has 0 aromatic carbocycles. The SMILES string of the molecule is CN=C(NCCc1ccc(Cl)nc1)NCc1ccc(Br)s1.I. The molecule has 2 N–H and O–H groups in total. The quantitative estimate of drug-likeness (QED) is 0.273. The molecule has 2 rings (SSSR count). The number of halogens is 3. The molecule has 0 bridgehead atoms. The van der Waals surface area contributed by atoms with Crippen LogP contribution in [0.1, 0.15) is 10.4 Å². The predicted octanol–water partition coefficient (Wildman–Crippen LogP) is 4.08. The second kappa shape index (κ2) is 10.4. The number of hydrogen-bond donors (Lipinski definition) is 2. The second-order valence-corrected chi connectivity index (χ2v) is 7.23. The fraction of sp³-hybridized carbons (Fsp3) is 0.286. The Morgan fingerprint density at radius 1 is 1.32 bits per heavy atom. The van der Waals surface area contributed by atoms with Gasteiger partial charge in [0.25, 0.3) is 0 Å². The first kappa shape index (κ1) is 19.7. The Bertz CT molecular complexity index is 603. The zero-order valence-corrected chi connectivity index (χ0v) is 17.5. The van der Waals surface area contributed by atoms with E-state index < -0.39 is 0 Å². The van der Waals surface area contributed by atoms with Gasteiger partial charge in [-0.2, -0.15) is 0 Å². The van der Waals surface area contributed by atoms with E-state index in [1.807, 2.05) is 12.1 Å². The lowest BCUT2D eigenvalue weighted by atomic mass is 10.2. The molecular formula is C14H17BrClIN4S. The molecule has 2 aromatic heterocycles. The highest BCUT2D eigenvalue weighted by Gasteiger charge is 2.01. The minimum Gasteiger partial charge on any atom is -0.356 e. The van der Waals surface area contributed by atoms with Gasteiger partial charge in [0.15, 0.2) is 5.96 Å². The number of rotatable bonds is 5. The van der Waals surface area contributed by atoms with Crippen molar-refractivity contribution < 1.29 is 0 Å². The molecule has 0 aliphatic carbocycles. The fourth-order valence-corrected chi connectivity index (χ4v) is 3.25. The summed E-state index contributed by atoms with van der Waals surface area (Å²) in [6, 6.07) is 7.93. The van der Waals surface area contributed by atoms with Crippen molar-refractivity contribution in [3.8, 4) is 0 Å². The zero-order valence-electron chi connectivity index (χ0n) is 12.0. The van der Waals surface area contributed by atoms with Crippen molar-refractivity contribution in [2.24, 2.45) is 4.99 Å². The van der Waals surface area contributed by atoms with Gasteiger partial charge in [-0.05, 0) is 46.1 Å². The van der Waals surface area contributed by atoms with Gasteiger partial charge >= 0.3 is 0 Å². The number of thiophene rings is 1. The molecule has 0 atom stereocenters. The molecule has 0 fully saturated rings. The van der Waals surface area contributed by atoms with E-state index in [0.29, 0.717) is 5.15 Å². The van der Waals surface area contributed by atoms with Crippen molar-refractivity contribution in [1.29, 1.82) is 0 Å². The molecule has 120 valence electrons. The Kier molecular flexibility index (Phi) is 9.30. The summed E-state index contributed by atoms with van der Waals surface area (Å²) < 4.78 is 1.14. The van der Waals surface area contributed by atoms with Gasteiger partial charge in [-0.1, -0.05) is 17.7 Å². The highest BCUT2D eigenvalue weighted by molar-refractivity contribution is 14.0.